The molecule has 2 aromatic carbocycles. The first-order chi connectivity index (χ1) is 16.0. The van der Waals surface area contributed by atoms with Gasteiger partial charge in [0.25, 0.3) is 5.78 Å². The average molecular weight is 458 g/mol. The van der Waals surface area contributed by atoms with E-state index in [1.807, 2.05) is 43.3 Å². The molecule has 0 aliphatic carbocycles. The highest BCUT2D eigenvalue weighted by Crippen LogP contribution is 2.44. The molecular formula is C25H19N3O4S. The molecule has 5 rings (SSSR count). The molecule has 1 N–H and O–H groups in total. The van der Waals surface area contributed by atoms with Crippen molar-refractivity contribution in [2.24, 2.45) is 0 Å². The molecule has 0 radical (unpaired) electrons. The second kappa shape index (κ2) is 8.14. The summed E-state index contributed by atoms with van der Waals surface area (Å²) in [6, 6.07) is 15.3. The van der Waals surface area contributed by atoms with E-state index in [0.29, 0.717) is 27.5 Å². The Morgan fingerprint density at radius 1 is 1.06 bits per heavy atom. The Bertz CT molecular complexity index is 1410. The van der Waals surface area contributed by atoms with Gasteiger partial charge < -0.3 is 9.84 Å². The molecule has 0 spiro atoms. The Balaban J connectivity index is 1.72. The summed E-state index contributed by atoms with van der Waals surface area (Å²) in [6.07, 6.45) is 3.04. The summed E-state index contributed by atoms with van der Waals surface area (Å²) in [5.41, 5.74) is 2.86. The number of amides is 1. The van der Waals surface area contributed by atoms with Crippen molar-refractivity contribution in [3.63, 3.8) is 0 Å². The van der Waals surface area contributed by atoms with Crippen LogP contribution in [0.2, 0.25) is 0 Å². The number of carbonyl (C=O) groups excluding carboxylic acids is 2. The van der Waals surface area contributed by atoms with Crippen molar-refractivity contribution in [3.8, 4) is 5.75 Å². The molecule has 1 saturated heterocycles. The van der Waals surface area contributed by atoms with Gasteiger partial charge in [-0.15, -0.1) is 0 Å². The monoisotopic (exact) mass is 457 g/mol. The maximum absolute atomic E-state index is 13.3. The first kappa shape index (κ1) is 20.8. The number of methoxy groups -OCH3 is 1. The number of ketones is 1. The van der Waals surface area contributed by atoms with Crippen LogP contribution in [0.25, 0.3) is 16.0 Å². The number of aliphatic hydroxyl groups is 1. The first-order valence-corrected chi connectivity index (χ1v) is 11.0. The standard InChI is InChI=1S/C25H19N3O4S/c1-14-3-5-15(6-4-14)21-20(22(29)16-9-11-26-12-10-16)23(30)24(31)28(21)25-27-18-8-7-17(32-2)13-19(18)33-25/h3-13,21,29H,1-2H3. The molecule has 1 aliphatic rings. The highest BCUT2D eigenvalue weighted by atomic mass is 32.1. The van der Waals surface area contributed by atoms with Crippen LogP contribution < -0.4 is 9.64 Å². The highest BCUT2D eigenvalue weighted by Gasteiger charge is 2.48. The summed E-state index contributed by atoms with van der Waals surface area (Å²) in [7, 11) is 1.58. The molecule has 3 heterocycles. The summed E-state index contributed by atoms with van der Waals surface area (Å²) in [5, 5.41) is 11.5. The third-order valence-electron chi connectivity index (χ3n) is 5.58. The van der Waals surface area contributed by atoms with Crippen molar-refractivity contribution in [3.05, 3.63) is 89.3 Å². The number of Topliss-reactive ketones (excluding diaryl/α,β-unsaturated/α-hetero) is 1. The third kappa shape index (κ3) is 3.54. The molecule has 0 saturated carbocycles. The predicted octanol–water partition coefficient (Wildman–Crippen LogP) is 4.63. The number of pyridine rings is 1. The van der Waals surface area contributed by atoms with Crippen LogP contribution in [0.5, 0.6) is 5.75 Å². The van der Waals surface area contributed by atoms with E-state index >= 15 is 0 Å². The van der Waals surface area contributed by atoms with Crippen LogP contribution in [0, 0.1) is 6.92 Å². The fourth-order valence-corrected chi connectivity index (χ4v) is 4.90. The lowest BCUT2D eigenvalue weighted by Crippen LogP contribution is -2.29. The van der Waals surface area contributed by atoms with E-state index in [4.69, 9.17) is 4.74 Å². The van der Waals surface area contributed by atoms with E-state index in [-0.39, 0.29) is 11.3 Å². The Morgan fingerprint density at radius 3 is 2.48 bits per heavy atom. The molecule has 7 nitrogen and oxygen atoms in total. The molecule has 8 heteroatoms. The van der Waals surface area contributed by atoms with E-state index in [1.165, 1.54) is 28.6 Å². The molecule has 2 aromatic heterocycles. The third-order valence-corrected chi connectivity index (χ3v) is 6.60. The number of hydrogen-bond acceptors (Lipinski definition) is 7. The van der Waals surface area contributed by atoms with Gasteiger partial charge in [0.05, 0.1) is 28.9 Å². The zero-order valence-corrected chi connectivity index (χ0v) is 18.7. The predicted molar refractivity (Wildman–Crippen MR) is 126 cm³/mol. The SMILES string of the molecule is COc1ccc2nc(N3C(=O)C(=O)C(=C(O)c4ccncc4)C3c3ccc(C)cc3)sc2c1. The number of nitrogens with zero attached hydrogens (tertiary/aromatic N) is 3. The second-order valence-corrected chi connectivity index (χ2v) is 8.65. The number of fused-ring (bicyclic) bond motifs is 1. The Hall–Kier alpha value is -4.04. The maximum Gasteiger partial charge on any atom is 0.301 e. The number of thiazole rings is 1. The van der Waals surface area contributed by atoms with Gasteiger partial charge in [0.2, 0.25) is 0 Å². The number of aliphatic hydroxyl groups excluding tert-OH is 1. The van der Waals surface area contributed by atoms with Gasteiger partial charge in [0.15, 0.2) is 5.13 Å². The fourth-order valence-electron chi connectivity index (χ4n) is 3.88. The quantitative estimate of drug-likeness (QED) is 0.273. The number of anilines is 1. The van der Waals surface area contributed by atoms with Crippen LogP contribution >= 0.6 is 11.3 Å². The highest BCUT2D eigenvalue weighted by molar-refractivity contribution is 7.22. The fraction of sp³-hybridized carbons (Fsp3) is 0.120. The van der Waals surface area contributed by atoms with E-state index in [1.54, 1.807) is 25.3 Å². The Morgan fingerprint density at radius 2 is 1.79 bits per heavy atom. The van der Waals surface area contributed by atoms with Crippen molar-refractivity contribution in [1.29, 1.82) is 0 Å². The minimum Gasteiger partial charge on any atom is -0.507 e. The van der Waals surface area contributed by atoms with Gasteiger partial charge in [-0.2, -0.15) is 0 Å². The van der Waals surface area contributed by atoms with Crippen LogP contribution in [-0.2, 0) is 9.59 Å². The van der Waals surface area contributed by atoms with Crippen molar-refractivity contribution in [2.45, 2.75) is 13.0 Å². The minimum absolute atomic E-state index is 0.0203. The molecule has 1 fully saturated rings. The van der Waals surface area contributed by atoms with Crippen molar-refractivity contribution in [2.75, 3.05) is 12.0 Å². The molecule has 4 aromatic rings. The van der Waals surface area contributed by atoms with Gasteiger partial charge in [-0.1, -0.05) is 41.2 Å². The van der Waals surface area contributed by atoms with Gasteiger partial charge in [-0.3, -0.25) is 19.5 Å². The molecule has 1 unspecified atom stereocenters. The van der Waals surface area contributed by atoms with E-state index in [2.05, 4.69) is 9.97 Å². The smallest absolute Gasteiger partial charge is 0.301 e. The van der Waals surface area contributed by atoms with Crippen molar-refractivity contribution >= 4 is 44.1 Å². The maximum atomic E-state index is 13.3. The molecule has 1 aliphatic heterocycles. The second-order valence-electron chi connectivity index (χ2n) is 7.65. The normalized spacial score (nSPS) is 17.6. The zero-order valence-electron chi connectivity index (χ0n) is 17.9. The van der Waals surface area contributed by atoms with Gasteiger partial charge >= 0.3 is 5.91 Å². The van der Waals surface area contributed by atoms with Gasteiger partial charge in [-0.25, -0.2) is 4.98 Å². The van der Waals surface area contributed by atoms with Crippen LogP contribution in [0.1, 0.15) is 22.7 Å². The molecule has 1 amide bonds. The molecule has 164 valence electrons. The lowest BCUT2D eigenvalue weighted by molar-refractivity contribution is -0.132. The lowest BCUT2D eigenvalue weighted by atomic mass is 9.95. The number of hydrogen-bond donors (Lipinski definition) is 1. The average Bonchev–Trinajstić information content (AvgIpc) is 3.37. The summed E-state index contributed by atoms with van der Waals surface area (Å²) in [5.74, 6) is -1.06. The molecular weight excluding hydrogens is 438 g/mol. The van der Waals surface area contributed by atoms with Gasteiger partial charge in [-0.05, 0) is 42.8 Å². The van der Waals surface area contributed by atoms with Crippen LogP contribution in [0.15, 0.2) is 72.6 Å². The first-order valence-electron chi connectivity index (χ1n) is 10.2. The summed E-state index contributed by atoms with van der Waals surface area (Å²) < 4.78 is 6.12. The topological polar surface area (TPSA) is 92.6 Å². The summed E-state index contributed by atoms with van der Waals surface area (Å²) in [4.78, 5) is 36.4. The van der Waals surface area contributed by atoms with Gasteiger partial charge in [0, 0.05) is 18.0 Å². The Labute approximate surface area is 193 Å². The molecule has 0 bridgehead atoms. The number of rotatable bonds is 4. The Kier molecular flexibility index (Phi) is 5.14. The van der Waals surface area contributed by atoms with Crippen molar-refractivity contribution < 1.29 is 19.4 Å². The number of ether oxygens (including phenoxy) is 1. The van der Waals surface area contributed by atoms with Crippen LogP contribution in [-0.4, -0.2) is 33.9 Å². The number of carbonyl (C=O) groups is 2. The van der Waals surface area contributed by atoms with Crippen LogP contribution in [0.3, 0.4) is 0 Å². The number of benzene rings is 2. The summed E-state index contributed by atoms with van der Waals surface area (Å²) in [6.45, 7) is 1.96. The van der Waals surface area contributed by atoms with Gasteiger partial charge in [0.1, 0.15) is 11.5 Å². The minimum atomic E-state index is -0.818. The summed E-state index contributed by atoms with van der Waals surface area (Å²) >= 11 is 1.29. The van der Waals surface area contributed by atoms with E-state index < -0.39 is 17.7 Å². The lowest BCUT2D eigenvalue weighted by Gasteiger charge is -2.23. The van der Waals surface area contributed by atoms with E-state index in [0.717, 1.165) is 10.3 Å². The number of aromatic nitrogens is 2. The number of aryl methyl sites for hydroxylation is 1. The van der Waals surface area contributed by atoms with Crippen molar-refractivity contribution in [1.82, 2.24) is 9.97 Å². The van der Waals surface area contributed by atoms with Crippen LogP contribution in [0.4, 0.5) is 5.13 Å². The molecule has 33 heavy (non-hydrogen) atoms. The zero-order chi connectivity index (χ0) is 23.1. The molecule has 1 atom stereocenters. The van der Waals surface area contributed by atoms with E-state index in [9.17, 15) is 14.7 Å². The largest absolute Gasteiger partial charge is 0.507 e.